The Kier molecular flexibility index (Phi) is 4.71. The third kappa shape index (κ3) is 2.96. The lowest BCUT2D eigenvalue weighted by atomic mass is 9.77. The van der Waals surface area contributed by atoms with Crippen molar-refractivity contribution in [2.75, 3.05) is 20.7 Å². The second-order valence-electron chi connectivity index (χ2n) is 6.45. The summed E-state index contributed by atoms with van der Waals surface area (Å²) in [7, 11) is 3.69. The van der Waals surface area contributed by atoms with Gasteiger partial charge in [0, 0.05) is 44.1 Å². The van der Waals surface area contributed by atoms with Gasteiger partial charge >= 0.3 is 0 Å². The maximum Gasteiger partial charge on any atom is 0.242 e. The number of ether oxygens (including phenoxy) is 1. The maximum absolute atomic E-state index is 12.7. The molecule has 5 nitrogen and oxygen atoms in total. The van der Waals surface area contributed by atoms with Crippen LogP contribution in [-0.4, -0.2) is 42.4 Å². The predicted octanol–water partition coefficient (Wildman–Crippen LogP) is 2.88. The largest absolute Gasteiger partial charge is 0.494 e. The van der Waals surface area contributed by atoms with E-state index in [0.29, 0.717) is 19.4 Å². The fraction of sp³-hybridized carbons (Fsp3) is 0.474. The zero-order chi connectivity index (χ0) is 17.3. The molecule has 0 aromatic heterocycles. The van der Waals surface area contributed by atoms with Crippen LogP contribution < -0.4 is 4.74 Å². The lowest BCUT2D eigenvalue weighted by Crippen LogP contribution is -2.47. The van der Waals surface area contributed by atoms with E-state index >= 15 is 0 Å². The predicted molar refractivity (Wildman–Crippen MR) is 91.4 cm³/mol. The van der Waals surface area contributed by atoms with Crippen molar-refractivity contribution >= 4 is 11.7 Å². The summed E-state index contributed by atoms with van der Waals surface area (Å²) in [5.74, 6) is 0.886. The van der Waals surface area contributed by atoms with E-state index in [2.05, 4.69) is 0 Å². The molecule has 1 amide bonds. The summed E-state index contributed by atoms with van der Waals surface area (Å²) in [6.07, 6.45) is 2.49. The van der Waals surface area contributed by atoms with Crippen molar-refractivity contribution in [1.29, 1.82) is 0 Å². The van der Waals surface area contributed by atoms with Gasteiger partial charge in [-0.1, -0.05) is 12.1 Å². The fourth-order valence-corrected chi connectivity index (χ4v) is 3.69. The van der Waals surface area contributed by atoms with E-state index < -0.39 is 0 Å². The van der Waals surface area contributed by atoms with E-state index in [-0.39, 0.29) is 17.6 Å². The molecule has 0 saturated heterocycles. The summed E-state index contributed by atoms with van der Waals surface area (Å²) >= 11 is 0. The van der Waals surface area contributed by atoms with Gasteiger partial charge in [-0.2, -0.15) is 0 Å². The molecule has 0 bridgehead atoms. The number of ketones is 1. The van der Waals surface area contributed by atoms with E-state index in [1.807, 2.05) is 45.3 Å². The lowest BCUT2D eigenvalue weighted by Gasteiger charge is -2.41. The molecule has 0 spiro atoms. The number of carbonyl (C=O) groups excluding carboxylic acids is 2. The zero-order valence-corrected chi connectivity index (χ0v) is 14.5. The molecule has 0 fully saturated rings. The third-order valence-corrected chi connectivity index (χ3v) is 4.64. The summed E-state index contributed by atoms with van der Waals surface area (Å²) in [4.78, 5) is 25.3. The van der Waals surface area contributed by atoms with Gasteiger partial charge in [0.25, 0.3) is 0 Å². The summed E-state index contributed by atoms with van der Waals surface area (Å²) in [5.41, 5.74) is 2.71. The average Bonchev–Trinajstić information content (AvgIpc) is 2.55. The molecule has 24 heavy (non-hydrogen) atoms. The standard InChI is InChI=1S/C19H24N2O3/c1-4-24-14-10-8-13(9-11-14)15-12-18(23)21(20(2)3)16-6-5-7-17(22)19(15)16/h8-11,15H,4-7,12H2,1-3H3. The van der Waals surface area contributed by atoms with Gasteiger partial charge in [0.15, 0.2) is 5.78 Å². The first-order chi connectivity index (χ1) is 11.5. The van der Waals surface area contributed by atoms with E-state index in [4.69, 9.17) is 4.74 Å². The van der Waals surface area contributed by atoms with Crippen molar-refractivity contribution < 1.29 is 14.3 Å². The molecule has 1 aliphatic carbocycles. The number of Topliss-reactive ketones (excluding diaryl/α,β-unsaturated/α-hetero) is 1. The molecule has 1 heterocycles. The molecule has 1 atom stereocenters. The van der Waals surface area contributed by atoms with Crippen LogP contribution in [0, 0.1) is 0 Å². The highest BCUT2D eigenvalue weighted by Crippen LogP contribution is 2.42. The number of rotatable bonds is 4. The van der Waals surface area contributed by atoms with Crippen LogP contribution in [-0.2, 0) is 9.59 Å². The molecule has 1 aliphatic heterocycles. The van der Waals surface area contributed by atoms with Crippen molar-refractivity contribution in [2.24, 2.45) is 0 Å². The van der Waals surface area contributed by atoms with Gasteiger partial charge in [0.05, 0.1) is 6.61 Å². The summed E-state index contributed by atoms with van der Waals surface area (Å²) in [6, 6.07) is 7.77. The first kappa shape index (κ1) is 16.7. The minimum Gasteiger partial charge on any atom is -0.494 e. The highest BCUT2D eigenvalue weighted by molar-refractivity contribution is 6.01. The Balaban J connectivity index is 2.02. The van der Waals surface area contributed by atoms with Crippen LogP contribution in [0.1, 0.15) is 44.1 Å². The maximum atomic E-state index is 12.7. The van der Waals surface area contributed by atoms with Crippen molar-refractivity contribution in [2.45, 2.75) is 38.5 Å². The molecular weight excluding hydrogens is 304 g/mol. The van der Waals surface area contributed by atoms with Gasteiger partial charge in [-0.15, -0.1) is 0 Å². The van der Waals surface area contributed by atoms with Gasteiger partial charge in [-0.05, 0) is 37.5 Å². The minimum atomic E-state index is -0.146. The molecule has 128 valence electrons. The molecular formula is C19H24N2O3. The number of hydrazine groups is 1. The Morgan fingerprint density at radius 3 is 2.50 bits per heavy atom. The number of hydrogen-bond acceptors (Lipinski definition) is 4. The normalized spacial score (nSPS) is 21.3. The Morgan fingerprint density at radius 2 is 1.88 bits per heavy atom. The van der Waals surface area contributed by atoms with Crippen LogP contribution in [0.5, 0.6) is 5.75 Å². The van der Waals surface area contributed by atoms with E-state index in [0.717, 1.165) is 35.4 Å². The number of allylic oxidation sites excluding steroid dienone is 2. The second-order valence-corrected chi connectivity index (χ2v) is 6.45. The highest BCUT2D eigenvalue weighted by Gasteiger charge is 2.39. The summed E-state index contributed by atoms with van der Waals surface area (Å²) < 4.78 is 5.48. The summed E-state index contributed by atoms with van der Waals surface area (Å²) in [6.45, 7) is 2.56. The molecule has 1 aromatic carbocycles. The molecule has 1 aromatic rings. The van der Waals surface area contributed by atoms with Crippen molar-refractivity contribution in [3.8, 4) is 5.75 Å². The van der Waals surface area contributed by atoms with Crippen LogP contribution in [0.15, 0.2) is 35.5 Å². The number of carbonyl (C=O) groups is 2. The minimum absolute atomic E-state index is 0.0485. The number of benzene rings is 1. The quantitative estimate of drug-likeness (QED) is 0.853. The SMILES string of the molecule is CCOc1ccc(C2CC(=O)N(N(C)C)C3=C2C(=O)CCC3)cc1. The monoisotopic (exact) mass is 328 g/mol. The topological polar surface area (TPSA) is 49.9 Å². The van der Waals surface area contributed by atoms with Crippen molar-refractivity contribution in [1.82, 2.24) is 10.0 Å². The first-order valence-corrected chi connectivity index (χ1v) is 8.52. The van der Waals surface area contributed by atoms with E-state index in [1.165, 1.54) is 0 Å². The number of nitrogens with zero attached hydrogens (tertiary/aromatic N) is 2. The zero-order valence-electron chi connectivity index (χ0n) is 14.5. The molecule has 0 saturated carbocycles. The Labute approximate surface area is 142 Å². The number of hydrogen-bond donors (Lipinski definition) is 0. The highest BCUT2D eigenvalue weighted by atomic mass is 16.5. The number of amides is 1. The van der Waals surface area contributed by atoms with Gasteiger partial charge in [-0.25, -0.2) is 10.0 Å². The Morgan fingerprint density at radius 1 is 1.17 bits per heavy atom. The van der Waals surface area contributed by atoms with E-state index in [9.17, 15) is 9.59 Å². The lowest BCUT2D eigenvalue weighted by molar-refractivity contribution is -0.143. The van der Waals surface area contributed by atoms with Gasteiger partial charge in [-0.3, -0.25) is 9.59 Å². The van der Waals surface area contributed by atoms with Gasteiger partial charge < -0.3 is 4.74 Å². The van der Waals surface area contributed by atoms with Crippen molar-refractivity contribution in [3.63, 3.8) is 0 Å². The van der Waals surface area contributed by atoms with Crippen molar-refractivity contribution in [3.05, 3.63) is 41.1 Å². The molecule has 0 radical (unpaired) electrons. The smallest absolute Gasteiger partial charge is 0.242 e. The van der Waals surface area contributed by atoms with Gasteiger partial charge in [0.2, 0.25) is 5.91 Å². The first-order valence-electron chi connectivity index (χ1n) is 8.52. The van der Waals surface area contributed by atoms with Crippen LogP contribution >= 0.6 is 0 Å². The second kappa shape index (κ2) is 6.77. The van der Waals surface area contributed by atoms with Crippen LogP contribution in [0.25, 0.3) is 0 Å². The van der Waals surface area contributed by atoms with Crippen LogP contribution in [0.2, 0.25) is 0 Å². The molecule has 1 unspecified atom stereocenters. The van der Waals surface area contributed by atoms with Crippen LogP contribution in [0.3, 0.4) is 0 Å². The Bertz CT molecular complexity index is 676. The molecule has 2 aliphatic rings. The fourth-order valence-electron chi connectivity index (χ4n) is 3.69. The van der Waals surface area contributed by atoms with Crippen LogP contribution in [0.4, 0.5) is 0 Å². The molecule has 3 rings (SSSR count). The van der Waals surface area contributed by atoms with Gasteiger partial charge in [0.1, 0.15) is 5.75 Å². The third-order valence-electron chi connectivity index (χ3n) is 4.64. The van der Waals surface area contributed by atoms with E-state index in [1.54, 1.807) is 10.0 Å². The Hall–Kier alpha value is -2.14. The summed E-state index contributed by atoms with van der Waals surface area (Å²) in [5, 5.41) is 3.46. The molecule has 0 N–H and O–H groups in total. The average molecular weight is 328 g/mol. The molecule has 5 heteroatoms.